The second kappa shape index (κ2) is 6.04. The third-order valence-corrected chi connectivity index (χ3v) is 4.98. The van der Waals surface area contributed by atoms with E-state index in [9.17, 15) is 9.90 Å². The molecule has 1 N–H and O–H groups in total. The fourth-order valence-electron chi connectivity index (χ4n) is 2.96. The van der Waals surface area contributed by atoms with Crippen molar-refractivity contribution in [2.24, 2.45) is 0 Å². The first-order valence-corrected chi connectivity index (χ1v) is 8.39. The number of piperazine rings is 1. The summed E-state index contributed by atoms with van der Waals surface area (Å²) in [5, 5.41) is 10.5. The van der Waals surface area contributed by atoms with E-state index in [2.05, 4.69) is 31.4 Å². The van der Waals surface area contributed by atoms with Crippen molar-refractivity contribution in [3.8, 4) is 0 Å². The summed E-state index contributed by atoms with van der Waals surface area (Å²) >= 11 is 1.51. The van der Waals surface area contributed by atoms with Crippen molar-refractivity contribution >= 4 is 39.2 Å². The summed E-state index contributed by atoms with van der Waals surface area (Å²) in [6.45, 7) is 2.94. The Hall–Kier alpha value is -2.74. The predicted molar refractivity (Wildman–Crippen MR) is 93.0 cm³/mol. The molecule has 0 saturated carbocycles. The quantitative estimate of drug-likeness (QED) is 0.781. The number of carboxylic acids is 1. The molecule has 2 aromatic heterocycles. The molecule has 7 nitrogen and oxygen atoms in total. The van der Waals surface area contributed by atoms with Crippen molar-refractivity contribution in [3.63, 3.8) is 0 Å². The lowest BCUT2D eigenvalue weighted by Gasteiger charge is -2.36. The van der Waals surface area contributed by atoms with E-state index in [0.717, 1.165) is 18.9 Å². The van der Waals surface area contributed by atoms with E-state index in [1.54, 1.807) is 0 Å². The molecule has 0 spiro atoms. The van der Waals surface area contributed by atoms with Gasteiger partial charge in [-0.3, -0.25) is 0 Å². The molecule has 0 aliphatic carbocycles. The summed E-state index contributed by atoms with van der Waals surface area (Å²) in [5.41, 5.74) is 0.144. The highest BCUT2D eigenvalue weighted by Crippen LogP contribution is 2.30. The third-order valence-electron chi connectivity index (χ3n) is 4.16. The fraction of sp³-hybridized carbons (Fsp3) is 0.250. The minimum atomic E-state index is -1.00. The molecule has 0 radical (unpaired) electrons. The maximum Gasteiger partial charge on any atom is 0.341 e. The zero-order chi connectivity index (χ0) is 16.5. The molecule has 3 heterocycles. The summed E-state index contributed by atoms with van der Waals surface area (Å²) in [5.74, 6) is 0.496. The van der Waals surface area contributed by atoms with Crippen molar-refractivity contribution < 1.29 is 9.90 Å². The van der Waals surface area contributed by atoms with Crippen LogP contribution in [0.15, 0.2) is 36.8 Å². The molecule has 0 amide bonds. The van der Waals surface area contributed by atoms with Gasteiger partial charge in [-0.25, -0.2) is 14.8 Å². The van der Waals surface area contributed by atoms with Crippen LogP contribution in [0.5, 0.6) is 0 Å². The predicted octanol–water partition coefficient (Wildman–Crippen LogP) is 2.11. The molecule has 1 aromatic carbocycles. The smallest absolute Gasteiger partial charge is 0.341 e. The maximum atomic E-state index is 11.3. The second-order valence-corrected chi connectivity index (χ2v) is 6.35. The van der Waals surface area contributed by atoms with Gasteiger partial charge in [0, 0.05) is 37.8 Å². The van der Waals surface area contributed by atoms with Crippen LogP contribution in [-0.4, -0.2) is 51.6 Å². The number of fused-ring (bicyclic) bond motifs is 1. The molecule has 122 valence electrons. The highest BCUT2D eigenvalue weighted by molar-refractivity contribution is 7.13. The molecule has 0 unspecified atom stereocenters. The van der Waals surface area contributed by atoms with E-state index in [-0.39, 0.29) is 5.56 Å². The van der Waals surface area contributed by atoms with E-state index >= 15 is 0 Å². The maximum absolute atomic E-state index is 11.3. The molecular weight excluding hydrogens is 326 g/mol. The summed E-state index contributed by atoms with van der Waals surface area (Å²) < 4.78 is 5.77. The van der Waals surface area contributed by atoms with Crippen LogP contribution in [0.25, 0.3) is 10.1 Å². The van der Waals surface area contributed by atoms with Gasteiger partial charge >= 0.3 is 5.97 Å². The normalized spacial score (nSPS) is 15.0. The number of hydrogen-bond donors (Lipinski definition) is 1. The Morgan fingerprint density at radius 1 is 1.08 bits per heavy atom. The molecule has 1 aliphatic heterocycles. The van der Waals surface area contributed by atoms with Gasteiger partial charge < -0.3 is 14.9 Å². The van der Waals surface area contributed by atoms with E-state index in [1.165, 1.54) is 34.1 Å². The Bertz CT molecular complexity index is 889. The Morgan fingerprint density at radius 3 is 2.54 bits per heavy atom. The van der Waals surface area contributed by atoms with Gasteiger partial charge in [-0.1, -0.05) is 12.1 Å². The zero-order valence-corrected chi connectivity index (χ0v) is 13.6. The highest BCUT2D eigenvalue weighted by atomic mass is 32.1. The van der Waals surface area contributed by atoms with E-state index in [1.807, 2.05) is 17.0 Å². The lowest BCUT2D eigenvalue weighted by molar-refractivity contribution is 0.0696. The topological polar surface area (TPSA) is 82.4 Å². The van der Waals surface area contributed by atoms with Crippen LogP contribution in [0.2, 0.25) is 0 Å². The van der Waals surface area contributed by atoms with Crippen LogP contribution in [0.3, 0.4) is 0 Å². The SMILES string of the molecule is O=C(O)c1cncnc1N1CCN(c2nsc3ccccc23)CC1. The van der Waals surface area contributed by atoms with E-state index in [4.69, 9.17) is 0 Å². The van der Waals surface area contributed by atoms with Crippen LogP contribution in [0.4, 0.5) is 11.6 Å². The lowest BCUT2D eigenvalue weighted by atomic mass is 10.2. The van der Waals surface area contributed by atoms with Crippen molar-refractivity contribution in [1.82, 2.24) is 14.3 Å². The first-order chi connectivity index (χ1) is 11.7. The first kappa shape index (κ1) is 14.8. The molecule has 24 heavy (non-hydrogen) atoms. The number of carbonyl (C=O) groups is 1. The molecule has 1 fully saturated rings. The third kappa shape index (κ3) is 2.54. The minimum absolute atomic E-state index is 0.144. The van der Waals surface area contributed by atoms with Crippen molar-refractivity contribution in [1.29, 1.82) is 0 Å². The summed E-state index contributed by atoms with van der Waals surface area (Å²) in [6, 6.07) is 8.21. The van der Waals surface area contributed by atoms with Crippen molar-refractivity contribution in [2.45, 2.75) is 0 Å². The standard InChI is InChI=1S/C16H15N5O2S/c22-16(23)12-9-17-10-18-14(12)20-5-7-21(8-6-20)15-11-3-1-2-4-13(11)24-19-15/h1-4,9-10H,5-8H2,(H,22,23). The van der Waals surface area contributed by atoms with Gasteiger partial charge in [0.15, 0.2) is 0 Å². The Morgan fingerprint density at radius 2 is 1.79 bits per heavy atom. The van der Waals surface area contributed by atoms with Crippen LogP contribution >= 0.6 is 11.5 Å². The van der Waals surface area contributed by atoms with Gasteiger partial charge in [-0.2, -0.15) is 4.37 Å². The van der Waals surface area contributed by atoms with Crippen molar-refractivity contribution in [2.75, 3.05) is 36.0 Å². The molecule has 0 atom stereocenters. The molecule has 0 bridgehead atoms. The van der Waals surface area contributed by atoms with E-state index < -0.39 is 5.97 Å². The number of benzene rings is 1. The summed E-state index contributed by atoms with van der Waals surface area (Å²) in [7, 11) is 0. The van der Waals surface area contributed by atoms with Crippen LogP contribution in [0, 0.1) is 0 Å². The highest BCUT2D eigenvalue weighted by Gasteiger charge is 2.24. The van der Waals surface area contributed by atoms with Gasteiger partial charge in [0.1, 0.15) is 23.5 Å². The van der Waals surface area contributed by atoms with Gasteiger partial charge in [0.2, 0.25) is 0 Å². The largest absolute Gasteiger partial charge is 0.477 e. The number of aromatic nitrogens is 3. The molecule has 8 heteroatoms. The monoisotopic (exact) mass is 341 g/mol. The average molecular weight is 341 g/mol. The number of anilines is 2. The van der Waals surface area contributed by atoms with Gasteiger partial charge in [-0.05, 0) is 23.7 Å². The van der Waals surface area contributed by atoms with Crippen molar-refractivity contribution in [3.05, 3.63) is 42.4 Å². The Labute approximate surface area is 142 Å². The number of aromatic carboxylic acids is 1. The summed E-state index contributed by atoms with van der Waals surface area (Å²) in [6.07, 6.45) is 2.74. The summed E-state index contributed by atoms with van der Waals surface area (Å²) in [4.78, 5) is 23.6. The minimum Gasteiger partial charge on any atom is -0.477 e. The first-order valence-electron chi connectivity index (χ1n) is 7.61. The Kier molecular flexibility index (Phi) is 3.73. The molecule has 1 saturated heterocycles. The molecule has 4 rings (SSSR count). The number of rotatable bonds is 3. The number of nitrogens with zero attached hydrogens (tertiary/aromatic N) is 5. The average Bonchev–Trinajstić information content (AvgIpc) is 3.06. The fourth-order valence-corrected chi connectivity index (χ4v) is 3.75. The van der Waals surface area contributed by atoms with Crippen LogP contribution < -0.4 is 9.80 Å². The van der Waals surface area contributed by atoms with Gasteiger partial charge in [0.25, 0.3) is 0 Å². The van der Waals surface area contributed by atoms with E-state index in [0.29, 0.717) is 18.9 Å². The number of carboxylic acid groups (broad SMARTS) is 1. The molecule has 3 aromatic rings. The van der Waals surface area contributed by atoms with Crippen LogP contribution in [-0.2, 0) is 0 Å². The Balaban J connectivity index is 1.54. The van der Waals surface area contributed by atoms with Gasteiger partial charge in [-0.15, -0.1) is 0 Å². The van der Waals surface area contributed by atoms with Gasteiger partial charge in [0.05, 0.1) is 4.70 Å². The second-order valence-electron chi connectivity index (χ2n) is 5.54. The lowest BCUT2D eigenvalue weighted by Crippen LogP contribution is -2.47. The molecule has 1 aliphatic rings. The number of hydrogen-bond acceptors (Lipinski definition) is 7. The van der Waals surface area contributed by atoms with Crippen LogP contribution in [0.1, 0.15) is 10.4 Å². The zero-order valence-electron chi connectivity index (χ0n) is 12.8. The molecular formula is C16H15N5O2S.